The number of benzene rings is 1. The Morgan fingerprint density at radius 2 is 2.35 bits per heavy atom. The zero-order chi connectivity index (χ0) is 12.4. The van der Waals surface area contributed by atoms with Crippen LogP contribution in [0.1, 0.15) is 16.8 Å². The molecule has 0 spiro atoms. The number of nitrogens with zero attached hydrogens (tertiary/aromatic N) is 1. The largest absolute Gasteiger partial charge is 0.337 e. The summed E-state index contributed by atoms with van der Waals surface area (Å²) in [6.07, 6.45) is 0.917. The van der Waals surface area contributed by atoms with E-state index in [0.717, 1.165) is 19.5 Å². The van der Waals surface area contributed by atoms with E-state index in [2.05, 4.69) is 21.2 Å². The second-order valence-electron chi connectivity index (χ2n) is 4.19. The minimum atomic E-state index is -0.484. The Morgan fingerprint density at radius 1 is 1.59 bits per heavy atom. The van der Waals surface area contributed by atoms with Crippen LogP contribution in [0.2, 0.25) is 0 Å². The molecule has 0 aromatic heterocycles. The van der Waals surface area contributed by atoms with Crippen LogP contribution >= 0.6 is 15.9 Å². The highest BCUT2D eigenvalue weighted by atomic mass is 79.9. The first-order valence-corrected chi connectivity index (χ1v) is 6.32. The topological polar surface area (TPSA) is 32.3 Å². The smallest absolute Gasteiger partial charge is 0.256 e. The van der Waals surface area contributed by atoms with Gasteiger partial charge in [0, 0.05) is 24.1 Å². The maximum absolute atomic E-state index is 13.7. The van der Waals surface area contributed by atoms with Crippen molar-refractivity contribution in [1.82, 2.24) is 10.2 Å². The van der Waals surface area contributed by atoms with E-state index < -0.39 is 5.82 Å². The molecule has 1 aromatic rings. The number of hydrogen-bond donors (Lipinski definition) is 1. The Kier molecular flexibility index (Phi) is 3.79. The molecule has 2 rings (SSSR count). The Balaban J connectivity index is 2.18. The molecule has 0 radical (unpaired) electrons. The van der Waals surface area contributed by atoms with Gasteiger partial charge in [-0.05, 0) is 31.2 Å². The first kappa shape index (κ1) is 12.5. The van der Waals surface area contributed by atoms with E-state index in [1.54, 1.807) is 18.0 Å². The molecule has 1 aromatic carbocycles. The molecule has 1 unspecified atom stereocenters. The molecular formula is C12H14BrFN2O. The fraction of sp³-hybridized carbons (Fsp3) is 0.417. The third kappa shape index (κ3) is 2.66. The summed E-state index contributed by atoms with van der Waals surface area (Å²) < 4.78 is 14.3. The maximum Gasteiger partial charge on any atom is 0.256 e. The summed E-state index contributed by atoms with van der Waals surface area (Å²) in [6, 6.07) is 4.66. The van der Waals surface area contributed by atoms with Crippen LogP contribution < -0.4 is 5.32 Å². The molecule has 0 bridgehead atoms. The van der Waals surface area contributed by atoms with Crippen LogP contribution in [0.25, 0.3) is 0 Å². The first-order valence-electron chi connectivity index (χ1n) is 5.52. The summed E-state index contributed by atoms with van der Waals surface area (Å²) in [5, 5.41) is 3.19. The predicted octanol–water partition coefficient (Wildman–Crippen LogP) is 2.02. The lowest BCUT2D eigenvalue weighted by Crippen LogP contribution is -2.38. The van der Waals surface area contributed by atoms with Gasteiger partial charge >= 0.3 is 0 Å². The lowest BCUT2D eigenvalue weighted by molar-refractivity contribution is 0.0739. The number of carbonyl (C=O) groups is 1. The van der Waals surface area contributed by atoms with Gasteiger partial charge in [-0.15, -0.1) is 0 Å². The lowest BCUT2D eigenvalue weighted by atomic mass is 10.1. The fourth-order valence-electron chi connectivity index (χ4n) is 1.99. The molecule has 1 heterocycles. The van der Waals surface area contributed by atoms with Crippen molar-refractivity contribution in [3.05, 3.63) is 34.1 Å². The van der Waals surface area contributed by atoms with Gasteiger partial charge in [-0.2, -0.15) is 0 Å². The number of rotatable bonds is 2. The van der Waals surface area contributed by atoms with Crippen LogP contribution in [0.3, 0.4) is 0 Å². The first-order chi connectivity index (χ1) is 8.09. The van der Waals surface area contributed by atoms with Crippen molar-refractivity contribution in [1.29, 1.82) is 0 Å². The predicted molar refractivity (Wildman–Crippen MR) is 67.5 cm³/mol. The average Bonchev–Trinajstić information content (AvgIpc) is 2.80. The molecule has 1 saturated heterocycles. The molecule has 1 aliphatic heterocycles. The molecule has 0 aliphatic carbocycles. The third-order valence-corrected chi connectivity index (χ3v) is 3.56. The molecular weight excluding hydrogens is 287 g/mol. The monoisotopic (exact) mass is 300 g/mol. The maximum atomic E-state index is 13.7. The van der Waals surface area contributed by atoms with Crippen LogP contribution in [0.4, 0.5) is 4.39 Å². The number of hydrogen-bond acceptors (Lipinski definition) is 2. The summed E-state index contributed by atoms with van der Waals surface area (Å²) in [7, 11) is 1.72. The number of amides is 1. The van der Waals surface area contributed by atoms with Crippen LogP contribution in [0.15, 0.2) is 22.7 Å². The molecule has 5 heteroatoms. The quantitative estimate of drug-likeness (QED) is 0.906. The lowest BCUT2D eigenvalue weighted by Gasteiger charge is -2.24. The number of carbonyl (C=O) groups excluding carboxylic acids is 1. The van der Waals surface area contributed by atoms with Gasteiger partial charge in [0.05, 0.1) is 5.56 Å². The number of likely N-dealkylation sites (N-methyl/N-ethyl adjacent to an activating group) is 1. The Hall–Kier alpha value is -0.940. The average molecular weight is 301 g/mol. The molecule has 1 N–H and O–H groups in total. The van der Waals surface area contributed by atoms with E-state index >= 15 is 0 Å². The van der Waals surface area contributed by atoms with Gasteiger partial charge in [0.15, 0.2) is 0 Å². The molecule has 3 nitrogen and oxygen atoms in total. The Labute approximate surface area is 108 Å². The van der Waals surface area contributed by atoms with Crippen LogP contribution in [0, 0.1) is 5.82 Å². The fourth-order valence-corrected chi connectivity index (χ4v) is 2.32. The summed E-state index contributed by atoms with van der Waals surface area (Å²) in [6.45, 7) is 1.69. The van der Waals surface area contributed by atoms with E-state index in [1.165, 1.54) is 12.1 Å². The van der Waals surface area contributed by atoms with E-state index in [1.807, 2.05) is 0 Å². The molecule has 0 saturated carbocycles. The Morgan fingerprint density at radius 3 is 2.94 bits per heavy atom. The van der Waals surface area contributed by atoms with Crippen molar-refractivity contribution < 1.29 is 9.18 Å². The van der Waals surface area contributed by atoms with Gasteiger partial charge in [0.25, 0.3) is 5.91 Å². The summed E-state index contributed by atoms with van der Waals surface area (Å²) in [5.74, 6) is -0.745. The van der Waals surface area contributed by atoms with Gasteiger partial charge < -0.3 is 10.2 Å². The van der Waals surface area contributed by atoms with Gasteiger partial charge in [0.2, 0.25) is 0 Å². The van der Waals surface area contributed by atoms with Crippen LogP contribution in [-0.2, 0) is 0 Å². The van der Waals surface area contributed by atoms with Crippen molar-refractivity contribution in [3.8, 4) is 0 Å². The molecule has 17 heavy (non-hydrogen) atoms. The standard InChI is InChI=1S/C12H14BrFN2O/c1-16(9-4-5-15-7-9)12(17)10-3-2-8(13)6-11(10)14/h2-3,6,9,15H,4-5,7H2,1H3. The van der Waals surface area contributed by atoms with Crippen molar-refractivity contribution in [2.75, 3.05) is 20.1 Å². The number of halogens is 2. The van der Waals surface area contributed by atoms with Crippen molar-refractivity contribution in [2.24, 2.45) is 0 Å². The van der Waals surface area contributed by atoms with Crippen molar-refractivity contribution >= 4 is 21.8 Å². The van der Waals surface area contributed by atoms with E-state index in [-0.39, 0.29) is 17.5 Å². The number of nitrogens with one attached hydrogen (secondary N) is 1. The van der Waals surface area contributed by atoms with Crippen LogP contribution in [0.5, 0.6) is 0 Å². The van der Waals surface area contributed by atoms with Gasteiger partial charge in [0.1, 0.15) is 5.82 Å². The van der Waals surface area contributed by atoms with Gasteiger partial charge in [-0.1, -0.05) is 15.9 Å². The highest BCUT2D eigenvalue weighted by Gasteiger charge is 2.25. The van der Waals surface area contributed by atoms with E-state index in [4.69, 9.17) is 0 Å². The second kappa shape index (κ2) is 5.14. The highest BCUT2D eigenvalue weighted by Crippen LogP contribution is 2.18. The molecule has 1 atom stereocenters. The molecule has 1 aliphatic rings. The molecule has 92 valence electrons. The van der Waals surface area contributed by atoms with E-state index in [9.17, 15) is 9.18 Å². The van der Waals surface area contributed by atoms with Crippen molar-refractivity contribution in [3.63, 3.8) is 0 Å². The van der Waals surface area contributed by atoms with Gasteiger partial charge in [-0.3, -0.25) is 4.79 Å². The minimum Gasteiger partial charge on any atom is -0.337 e. The summed E-state index contributed by atoms with van der Waals surface area (Å²) >= 11 is 3.17. The van der Waals surface area contributed by atoms with E-state index in [0.29, 0.717) is 4.47 Å². The normalized spacial score (nSPS) is 19.4. The van der Waals surface area contributed by atoms with Crippen LogP contribution in [-0.4, -0.2) is 37.0 Å². The Bertz CT molecular complexity index is 433. The summed E-state index contributed by atoms with van der Waals surface area (Å²) in [4.78, 5) is 13.7. The molecule has 1 amide bonds. The third-order valence-electron chi connectivity index (χ3n) is 3.06. The highest BCUT2D eigenvalue weighted by molar-refractivity contribution is 9.10. The minimum absolute atomic E-state index is 0.127. The second-order valence-corrected chi connectivity index (χ2v) is 5.10. The zero-order valence-electron chi connectivity index (χ0n) is 9.54. The SMILES string of the molecule is CN(C(=O)c1ccc(Br)cc1F)C1CCNC1. The zero-order valence-corrected chi connectivity index (χ0v) is 11.1. The summed E-state index contributed by atoms with van der Waals surface area (Å²) in [5.41, 5.74) is 0.127. The molecule has 1 fully saturated rings. The van der Waals surface area contributed by atoms with Gasteiger partial charge in [-0.25, -0.2) is 4.39 Å². The van der Waals surface area contributed by atoms with Crippen molar-refractivity contribution in [2.45, 2.75) is 12.5 Å².